The summed E-state index contributed by atoms with van der Waals surface area (Å²) in [5.74, 6) is 1.38. The van der Waals surface area contributed by atoms with Crippen molar-refractivity contribution < 1.29 is 9.84 Å². The predicted molar refractivity (Wildman–Crippen MR) is 105 cm³/mol. The van der Waals surface area contributed by atoms with Crippen LogP contribution in [0.5, 0.6) is 11.5 Å². The Labute approximate surface area is 153 Å². The van der Waals surface area contributed by atoms with Gasteiger partial charge in [0.2, 0.25) is 0 Å². The number of aryl methyl sites for hydroxylation is 1. The number of nitrogens with zero attached hydrogens (tertiary/aromatic N) is 1. The van der Waals surface area contributed by atoms with E-state index in [0.29, 0.717) is 12.5 Å². The van der Waals surface area contributed by atoms with E-state index in [1.807, 2.05) is 36.4 Å². The van der Waals surface area contributed by atoms with Gasteiger partial charge < -0.3 is 20.9 Å². The van der Waals surface area contributed by atoms with E-state index in [0.717, 1.165) is 24.3 Å². The van der Waals surface area contributed by atoms with Gasteiger partial charge in [0.1, 0.15) is 11.5 Å². The number of ether oxygens (including phenoxy) is 1. The molecule has 0 aliphatic rings. The largest absolute Gasteiger partial charge is 0.508 e. The number of aliphatic imine (C=N–C) groups is 1. The zero-order valence-corrected chi connectivity index (χ0v) is 15.4. The lowest BCUT2D eigenvalue weighted by Crippen LogP contribution is -2.23. The number of benzene rings is 2. The first-order valence-corrected chi connectivity index (χ1v) is 7.17. The van der Waals surface area contributed by atoms with Gasteiger partial charge in [-0.3, -0.25) is 4.99 Å². The molecule has 23 heavy (non-hydrogen) atoms. The molecule has 0 radical (unpaired) electrons. The number of hydrogen-bond acceptors (Lipinski definition) is 3. The number of anilines is 1. The number of methoxy groups -OCH3 is 1. The van der Waals surface area contributed by atoms with E-state index >= 15 is 0 Å². The number of para-hydroxylation sites is 2. The average Bonchev–Trinajstić information content (AvgIpc) is 2.54. The quantitative estimate of drug-likeness (QED) is 0.286. The van der Waals surface area contributed by atoms with E-state index in [2.05, 4.69) is 10.3 Å². The Morgan fingerprint density at radius 2 is 1.87 bits per heavy atom. The molecule has 2 aromatic carbocycles. The fraction of sp³-hybridized carbons (Fsp3) is 0.235. The summed E-state index contributed by atoms with van der Waals surface area (Å²) in [5.41, 5.74) is 7.85. The van der Waals surface area contributed by atoms with Gasteiger partial charge in [-0.2, -0.15) is 0 Å². The van der Waals surface area contributed by atoms with Crippen LogP contribution in [-0.4, -0.2) is 24.7 Å². The van der Waals surface area contributed by atoms with Gasteiger partial charge in [0.25, 0.3) is 0 Å². The van der Waals surface area contributed by atoms with Crippen LogP contribution in [0.2, 0.25) is 0 Å². The van der Waals surface area contributed by atoms with Gasteiger partial charge >= 0.3 is 0 Å². The smallest absolute Gasteiger partial charge is 0.193 e. The molecular weight excluding hydrogens is 405 g/mol. The Balaban J connectivity index is 0.00000264. The third-order valence-corrected chi connectivity index (χ3v) is 3.21. The zero-order chi connectivity index (χ0) is 15.8. The Hall–Kier alpha value is -1.96. The van der Waals surface area contributed by atoms with Crippen molar-refractivity contribution in [1.82, 2.24) is 0 Å². The van der Waals surface area contributed by atoms with Crippen LogP contribution in [0.15, 0.2) is 53.5 Å². The van der Waals surface area contributed by atoms with Crippen LogP contribution in [0, 0.1) is 0 Å². The van der Waals surface area contributed by atoms with Gasteiger partial charge in [0.05, 0.1) is 12.8 Å². The van der Waals surface area contributed by atoms with Crippen molar-refractivity contribution in [1.29, 1.82) is 0 Å². The number of phenolic OH excluding ortho intramolecular Hbond substituents is 1. The molecule has 0 atom stereocenters. The Bertz CT molecular complexity index is 630. The molecular formula is C17H22IN3O2. The molecule has 4 N–H and O–H groups in total. The molecule has 0 aliphatic carbocycles. The highest BCUT2D eigenvalue weighted by atomic mass is 127. The minimum atomic E-state index is 0. The van der Waals surface area contributed by atoms with Crippen molar-refractivity contribution in [3.05, 3.63) is 54.1 Å². The number of halogens is 1. The molecule has 0 spiro atoms. The van der Waals surface area contributed by atoms with Crippen LogP contribution in [0.25, 0.3) is 0 Å². The Kier molecular flexibility index (Phi) is 8.25. The number of nitrogens with one attached hydrogen (secondary N) is 1. The van der Waals surface area contributed by atoms with E-state index in [1.54, 1.807) is 19.2 Å². The SMILES string of the molecule is COc1ccccc1NC(N)=NCCCc1ccc(O)cc1.I. The van der Waals surface area contributed by atoms with Crippen molar-refractivity contribution in [3.8, 4) is 11.5 Å². The van der Waals surface area contributed by atoms with Crippen molar-refractivity contribution >= 4 is 35.6 Å². The van der Waals surface area contributed by atoms with E-state index in [9.17, 15) is 5.11 Å². The molecule has 0 saturated carbocycles. The average molecular weight is 427 g/mol. The molecule has 2 rings (SSSR count). The lowest BCUT2D eigenvalue weighted by atomic mass is 10.1. The lowest BCUT2D eigenvalue weighted by molar-refractivity contribution is 0.417. The van der Waals surface area contributed by atoms with E-state index in [-0.39, 0.29) is 29.7 Å². The first-order valence-electron chi connectivity index (χ1n) is 7.17. The zero-order valence-electron chi connectivity index (χ0n) is 13.0. The molecule has 124 valence electrons. The summed E-state index contributed by atoms with van der Waals surface area (Å²) in [6, 6.07) is 14.8. The molecule has 0 bridgehead atoms. The summed E-state index contributed by atoms with van der Waals surface area (Å²) in [6.07, 6.45) is 1.78. The number of nitrogens with two attached hydrogens (primary N) is 1. The summed E-state index contributed by atoms with van der Waals surface area (Å²) in [4.78, 5) is 4.31. The van der Waals surface area contributed by atoms with E-state index in [1.165, 1.54) is 5.56 Å². The summed E-state index contributed by atoms with van der Waals surface area (Å²) >= 11 is 0. The number of rotatable bonds is 6. The molecule has 0 fully saturated rings. The number of guanidine groups is 1. The third kappa shape index (κ3) is 6.35. The van der Waals surface area contributed by atoms with Crippen LogP contribution in [0.3, 0.4) is 0 Å². The first kappa shape index (κ1) is 19.1. The first-order chi connectivity index (χ1) is 10.7. The van der Waals surface area contributed by atoms with Crippen molar-refractivity contribution in [2.75, 3.05) is 19.0 Å². The summed E-state index contributed by atoms with van der Waals surface area (Å²) < 4.78 is 5.25. The minimum absolute atomic E-state index is 0. The van der Waals surface area contributed by atoms with Gasteiger partial charge in [-0.15, -0.1) is 24.0 Å². The van der Waals surface area contributed by atoms with Crippen LogP contribution < -0.4 is 15.8 Å². The fourth-order valence-electron chi connectivity index (χ4n) is 2.07. The fourth-order valence-corrected chi connectivity index (χ4v) is 2.07. The number of hydrogen-bond donors (Lipinski definition) is 3. The second-order valence-electron chi connectivity index (χ2n) is 4.86. The molecule has 0 amide bonds. The topological polar surface area (TPSA) is 79.9 Å². The molecule has 0 saturated heterocycles. The normalized spacial score (nSPS) is 10.7. The molecule has 0 aromatic heterocycles. The lowest BCUT2D eigenvalue weighted by Gasteiger charge is -2.10. The molecule has 6 heteroatoms. The second-order valence-corrected chi connectivity index (χ2v) is 4.86. The third-order valence-electron chi connectivity index (χ3n) is 3.21. The van der Waals surface area contributed by atoms with Crippen molar-refractivity contribution in [2.45, 2.75) is 12.8 Å². The maximum atomic E-state index is 9.23. The summed E-state index contributed by atoms with van der Waals surface area (Å²) in [6.45, 7) is 0.634. The number of aromatic hydroxyl groups is 1. The second kappa shape index (κ2) is 9.94. The van der Waals surface area contributed by atoms with E-state index < -0.39 is 0 Å². The highest BCUT2D eigenvalue weighted by molar-refractivity contribution is 14.0. The van der Waals surface area contributed by atoms with Gasteiger partial charge in [0, 0.05) is 6.54 Å². The Morgan fingerprint density at radius 3 is 2.57 bits per heavy atom. The van der Waals surface area contributed by atoms with Gasteiger partial charge in [0.15, 0.2) is 5.96 Å². The van der Waals surface area contributed by atoms with Crippen LogP contribution >= 0.6 is 24.0 Å². The van der Waals surface area contributed by atoms with Gasteiger partial charge in [-0.05, 0) is 42.7 Å². The molecule has 0 unspecified atom stereocenters. The summed E-state index contributed by atoms with van der Waals surface area (Å²) in [7, 11) is 1.62. The highest BCUT2D eigenvalue weighted by Crippen LogP contribution is 2.22. The summed E-state index contributed by atoms with van der Waals surface area (Å²) in [5, 5.41) is 12.3. The highest BCUT2D eigenvalue weighted by Gasteiger charge is 2.02. The predicted octanol–water partition coefficient (Wildman–Crippen LogP) is 3.38. The van der Waals surface area contributed by atoms with Crippen molar-refractivity contribution in [2.24, 2.45) is 10.7 Å². The van der Waals surface area contributed by atoms with Crippen LogP contribution in [0.1, 0.15) is 12.0 Å². The minimum Gasteiger partial charge on any atom is -0.508 e. The maximum Gasteiger partial charge on any atom is 0.193 e. The standard InChI is InChI=1S/C17H21N3O2.HI/c1-22-16-7-3-2-6-15(16)20-17(18)19-12-4-5-13-8-10-14(21)11-9-13;/h2-3,6-11,21H,4-5,12H2,1H3,(H3,18,19,20);1H. The van der Waals surface area contributed by atoms with Crippen LogP contribution in [-0.2, 0) is 6.42 Å². The maximum absolute atomic E-state index is 9.23. The molecule has 0 aliphatic heterocycles. The van der Waals surface area contributed by atoms with Crippen molar-refractivity contribution in [3.63, 3.8) is 0 Å². The monoisotopic (exact) mass is 427 g/mol. The Morgan fingerprint density at radius 1 is 1.17 bits per heavy atom. The van der Waals surface area contributed by atoms with Crippen LogP contribution in [0.4, 0.5) is 5.69 Å². The molecule has 2 aromatic rings. The van der Waals surface area contributed by atoms with Gasteiger partial charge in [-0.1, -0.05) is 24.3 Å². The number of phenols is 1. The molecule has 0 heterocycles. The van der Waals surface area contributed by atoms with E-state index in [4.69, 9.17) is 10.5 Å². The van der Waals surface area contributed by atoms with Gasteiger partial charge in [-0.25, -0.2) is 0 Å². The molecule has 5 nitrogen and oxygen atoms in total.